The third kappa shape index (κ3) is 5.00. The first-order valence-electron chi connectivity index (χ1n) is 11.0. The molecule has 2 aliphatic rings. The number of likely N-dealkylation sites (tertiary alicyclic amines) is 1. The molecule has 166 valence electrons. The van der Waals surface area contributed by atoms with E-state index in [2.05, 4.69) is 17.1 Å². The predicted octanol–water partition coefficient (Wildman–Crippen LogP) is 2.79. The number of nitrogens with one attached hydrogen (secondary N) is 1. The average molecular weight is 428 g/mol. The largest absolute Gasteiger partial charge is 0.493 e. The van der Waals surface area contributed by atoms with Crippen molar-refractivity contribution in [2.45, 2.75) is 51.0 Å². The van der Waals surface area contributed by atoms with E-state index in [1.807, 2.05) is 6.07 Å². The van der Waals surface area contributed by atoms with Crippen LogP contribution in [0, 0.1) is 5.92 Å². The highest BCUT2D eigenvalue weighted by Gasteiger charge is 2.25. The zero-order chi connectivity index (χ0) is 21.8. The lowest BCUT2D eigenvalue weighted by Crippen LogP contribution is -2.45. The van der Waals surface area contributed by atoms with Crippen LogP contribution in [0.15, 0.2) is 40.1 Å². The van der Waals surface area contributed by atoms with E-state index in [1.165, 1.54) is 30.7 Å². The van der Waals surface area contributed by atoms with Gasteiger partial charge in [0.25, 0.3) is 5.56 Å². The van der Waals surface area contributed by atoms with Crippen LogP contribution in [-0.4, -0.2) is 46.8 Å². The van der Waals surface area contributed by atoms with Gasteiger partial charge in [0.1, 0.15) is 0 Å². The fraction of sp³-hybridized carbons (Fsp3) is 0.522. The predicted molar refractivity (Wildman–Crippen MR) is 116 cm³/mol. The highest BCUT2D eigenvalue weighted by atomic mass is 16.5. The van der Waals surface area contributed by atoms with E-state index >= 15 is 0 Å². The van der Waals surface area contributed by atoms with Crippen LogP contribution < -0.4 is 20.7 Å². The van der Waals surface area contributed by atoms with E-state index in [1.54, 1.807) is 12.0 Å². The van der Waals surface area contributed by atoms with Crippen molar-refractivity contribution in [2.75, 3.05) is 20.2 Å². The van der Waals surface area contributed by atoms with Crippen molar-refractivity contribution in [1.82, 2.24) is 14.5 Å². The van der Waals surface area contributed by atoms with Gasteiger partial charge in [-0.2, -0.15) is 0 Å². The SMILES string of the molecule is COc1ccc(CC2CCN(C(=O)n3ccc(=O)[nH]c3=O)CC2)cc1OC1CCCC1. The monoisotopic (exact) mass is 427 g/mol. The first-order chi connectivity index (χ1) is 15.0. The number of hydrogen-bond acceptors (Lipinski definition) is 5. The van der Waals surface area contributed by atoms with Crippen molar-refractivity contribution in [3.05, 3.63) is 56.9 Å². The highest BCUT2D eigenvalue weighted by molar-refractivity contribution is 5.76. The molecule has 1 saturated heterocycles. The molecule has 2 heterocycles. The number of methoxy groups -OCH3 is 1. The van der Waals surface area contributed by atoms with Gasteiger partial charge < -0.3 is 14.4 Å². The Morgan fingerprint density at radius 1 is 1.06 bits per heavy atom. The Hall–Kier alpha value is -3.03. The van der Waals surface area contributed by atoms with Crippen LogP contribution in [0.2, 0.25) is 0 Å². The molecule has 1 N–H and O–H groups in total. The number of amides is 1. The molecule has 0 unspecified atom stereocenters. The van der Waals surface area contributed by atoms with Gasteiger partial charge in [-0.25, -0.2) is 14.2 Å². The fourth-order valence-corrected chi connectivity index (χ4v) is 4.51. The minimum absolute atomic E-state index is 0.273. The van der Waals surface area contributed by atoms with Crippen LogP contribution in [0.1, 0.15) is 44.1 Å². The molecule has 8 heteroatoms. The van der Waals surface area contributed by atoms with Crippen LogP contribution in [0.25, 0.3) is 0 Å². The van der Waals surface area contributed by atoms with Gasteiger partial charge in [0, 0.05) is 25.4 Å². The molecule has 1 aromatic carbocycles. The summed E-state index contributed by atoms with van der Waals surface area (Å²) in [5, 5.41) is 0. The molecule has 31 heavy (non-hydrogen) atoms. The molecule has 4 rings (SSSR count). The summed E-state index contributed by atoms with van der Waals surface area (Å²) in [4.78, 5) is 39.5. The summed E-state index contributed by atoms with van der Waals surface area (Å²) in [6.07, 6.45) is 8.75. The molecule has 0 spiro atoms. The maximum Gasteiger partial charge on any atom is 0.336 e. The zero-order valence-corrected chi connectivity index (χ0v) is 17.8. The molecule has 1 aliphatic heterocycles. The van der Waals surface area contributed by atoms with Crippen molar-refractivity contribution in [2.24, 2.45) is 5.92 Å². The summed E-state index contributed by atoms with van der Waals surface area (Å²) in [5.74, 6) is 2.03. The second-order valence-electron chi connectivity index (χ2n) is 8.41. The Morgan fingerprint density at radius 2 is 1.81 bits per heavy atom. The minimum Gasteiger partial charge on any atom is -0.493 e. The van der Waals surface area contributed by atoms with E-state index in [0.29, 0.717) is 19.0 Å². The maximum atomic E-state index is 12.6. The van der Waals surface area contributed by atoms with E-state index < -0.39 is 17.3 Å². The third-order valence-electron chi connectivity index (χ3n) is 6.26. The molecular weight excluding hydrogens is 398 g/mol. The zero-order valence-electron chi connectivity index (χ0n) is 17.8. The van der Waals surface area contributed by atoms with Crippen LogP contribution in [0.5, 0.6) is 11.5 Å². The second-order valence-corrected chi connectivity index (χ2v) is 8.41. The standard InChI is InChI=1S/C23H29N3O5/c1-30-19-7-6-17(15-20(19)31-18-4-2-3-5-18)14-16-8-11-25(12-9-16)23(29)26-13-10-21(27)24-22(26)28/h6-7,10,13,15-16,18H,2-5,8-9,11-12,14H2,1H3,(H,24,27,28). The van der Waals surface area contributed by atoms with E-state index in [9.17, 15) is 14.4 Å². The molecule has 1 aromatic heterocycles. The van der Waals surface area contributed by atoms with E-state index in [-0.39, 0.29) is 6.10 Å². The van der Waals surface area contributed by atoms with Gasteiger partial charge in [-0.3, -0.25) is 9.78 Å². The Morgan fingerprint density at radius 3 is 2.48 bits per heavy atom. The van der Waals surface area contributed by atoms with Crippen molar-refractivity contribution in [3.63, 3.8) is 0 Å². The number of H-pyrrole nitrogens is 1. The highest BCUT2D eigenvalue weighted by Crippen LogP contribution is 2.34. The number of hydrogen-bond donors (Lipinski definition) is 1. The van der Waals surface area contributed by atoms with Gasteiger partial charge in [-0.05, 0) is 68.6 Å². The Kier molecular flexibility index (Phi) is 6.44. The summed E-state index contributed by atoms with van der Waals surface area (Å²) in [6, 6.07) is 6.94. The number of benzene rings is 1. The Labute approximate surface area is 180 Å². The van der Waals surface area contributed by atoms with Gasteiger partial charge in [0.05, 0.1) is 13.2 Å². The number of aromatic nitrogens is 2. The topological polar surface area (TPSA) is 93.6 Å². The van der Waals surface area contributed by atoms with Gasteiger partial charge in [-0.15, -0.1) is 0 Å². The summed E-state index contributed by atoms with van der Waals surface area (Å²) in [5.41, 5.74) is -0.00777. The lowest BCUT2D eigenvalue weighted by atomic mass is 9.90. The average Bonchev–Trinajstić information content (AvgIpc) is 3.27. The molecule has 1 saturated carbocycles. The molecule has 1 aliphatic carbocycles. The van der Waals surface area contributed by atoms with Crippen molar-refractivity contribution < 1.29 is 14.3 Å². The molecule has 8 nitrogen and oxygen atoms in total. The number of rotatable bonds is 5. The van der Waals surface area contributed by atoms with Gasteiger partial charge in [0.15, 0.2) is 11.5 Å². The molecule has 0 atom stereocenters. The first kappa shape index (κ1) is 21.2. The number of carbonyl (C=O) groups is 1. The molecule has 2 aromatic rings. The van der Waals surface area contributed by atoms with Crippen LogP contribution in [0.4, 0.5) is 4.79 Å². The normalized spacial score (nSPS) is 17.6. The van der Waals surface area contributed by atoms with E-state index in [4.69, 9.17) is 9.47 Å². The molecule has 0 radical (unpaired) electrons. The number of ether oxygens (including phenoxy) is 2. The lowest BCUT2D eigenvalue weighted by Gasteiger charge is -2.32. The Balaban J connectivity index is 1.36. The van der Waals surface area contributed by atoms with Crippen LogP contribution >= 0.6 is 0 Å². The summed E-state index contributed by atoms with van der Waals surface area (Å²) in [7, 11) is 1.66. The van der Waals surface area contributed by atoms with Gasteiger partial charge in [-0.1, -0.05) is 6.07 Å². The molecule has 1 amide bonds. The van der Waals surface area contributed by atoms with Crippen molar-refractivity contribution >= 4 is 6.03 Å². The molecular formula is C23H29N3O5. The minimum atomic E-state index is -0.701. The van der Waals surface area contributed by atoms with Crippen LogP contribution in [-0.2, 0) is 6.42 Å². The summed E-state index contributed by atoms with van der Waals surface area (Å²) < 4.78 is 12.6. The smallest absolute Gasteiger partial charge is 0.336 e. The number of nitrogens with zero attached hydrogens (tertiary/aromatic N) is 2. The second kappa shape index (κ2) is 9.41. The Bertz CT molecular complexity index is 1030. The fourth-order valence-electron chi connectivity index (χ4n) is 4.51. The lowest BCUT2D eigenvalue weighted by molar-refractivity contribution is 0.170. The molecule has 2 fully saturated rings. The van der Waals surface area contributed by atoms with Gasteiger partial charge >= 0.3 is 11.7 Å². The first-order valence-corrected chi connectivity index (χ1v) is 11.0. The number of aromatic amines is 1. The van der Waals surface area contributed by atoms with Crippen molar-refractivity contribution in [1.29, 1.82) is 0 Å². The van der Waals surface area contributed by atoms with Crippen LogP contribution in [0.3, 0.4) is 0 Å². The van der Waals surface area contributed by atoms with Crippen molar-refractivity contribution in [3.8, 4) is 11.5 Å². The maximum absolute atomic E-state index is 12.6. The summed E-state index contributed by atoms with van der Waals surface area (Å²) in [6.45, 7) is 1.16. The third-order valence-corrected chi connectivity index (χ3v) is 6.26. The summed E-state index contributed by atoms with van der Waals surface area (Å²) >= 11 is 0. The number of piperidine rings is 1. The van der Waals surface area contributed by atoms with Gasteiger partial charge in [0.2, 0.25) is 0 Å². The number of carbonyl (C=O) groups excluding carboxylic acids is 1. The molecule has 0 bridgehead atoms. The quantitative estimate of drug-likeness (QED) is 0.792. The van der Waals surface area contributed by atoms with E-state index in [0.717, 1.165) is 48.2 Å².